The van der Waals surface area contributed by atoms with Crippen molar-refractivity contribution in [2.75, 3.05) is 16.4 Å². The number of hydrogen-bond acceptors (Lipinski definition) is 6. The number of nitrogens with one attached hydrogen (secondary N) is 2. The molecule has 0 atom stereocenters. The Morgan fingerprint density at radius 1 is 1.10 bits per heavy atom. The summed E-state index contributed by atoms with van der Waals surface area (Å²) in [6.07, 6.45) is 0. The van der Waals surface area contributed by atoms with Gasteiger partial charge in [-0.15, -0.1) is 0 Å². The number of aromatic nitrogens is 2. The van der Waals surface area contributed by atoms with Crippen LogP contribution < -0.4 is 15.8 Å². The minimum atomic E-state index is -3.82. The van der Waals surface area contributed by atoms with E-state index in [0.29, 0.717) is 28.6 Å². The van der Waals surface area contributed by atoms with Crippen LogP contribution in [0.2, 0.25) is 0 Å². The van der Waals surface area contributed by atoms with Crippen molar-refractivity contribution in [1.29, 1.82) is 0 Å². The number of thioether (sulfide) groups is 1. The molecule has 0 saturated carbocycles. The van der Waals surface area contributed by atoms with Crippen LogP contribution in [0.1, 0.15) is 13.8 Å². The number of sulfonamides is 1. The fraction of sp³-hybridized carbons (Fsp3) is 0.211. The first-order chi connectivity index (χ1) is 14.2. The van der Waals surface area contributed by atoms with Gasteiger partial charge in [0.2, 0.25) is 21.8 Å². The molecular formula is C19H21N5O4S2. The van der Waals surface area contributed by atoms with Crippen LogP contribution in [0.15, 0.2) is 52.5 Å². The first kappa shape index (κ1) is 21.8. The molecule has 0 aliphatic rings. The number of carbonyl (C=O) groups excluding carboxylic acids is 2. The molecule has 158 valence electrons. The molecule has 11 heteroatoms. The maximum Gasteiger partial charge on any atom is 0.238 e. The second kappa shape index (κ2) is 8.86. The highest BCUT2D eigenvalue weighted by atomic mass is 32.2. The van der Waals surface area contributed by atoms with E-state index in [9.17, 15) is 18.0 Å². The van der Waals surface area contributed by atoms with Crippen LogP contribution in [0.4, 0.5) is 11.4 Å². The zero-order valence-corrected chi connectivity index (χ0v) is 18.0. The number of primary sulfonamides is 1. The Kier molecular flexibility index (Phi) is 6.44. The molecule has 1 heterocycles. The fourth-order valence-electron chi connectivity index (χ4n) is 2.85. The van der Waals surface area contributed by atoms with Crippen LogP contribution in [0, 0.1) is 0 Å². The minimum absolute atomic E-state index is 0.00671. The lowest BCUT2D eigenvalue weighted by molar-refractivity contribution is -0.114. The van der Waals surface area contributed by atoms with Crippen molar-refractivity contribution in [3.63, 3.8) is 0 Å². The van der Waals surface area contributed by atoms with Crippen molar-refractivity contribution < 1.29 is 18.0 Å². The van der Waals surface area contributed by atoms with Crippen molar-refractivity contribution in [3.8, 4) is 0 Å². The smallest absolute Gasteiger partial charge is 0.238 e. The van der Waals surface area contributed by atoms with Gasteiger partial charge in [-0.3, -0.25) is 9.59 Å². The summed E-state index contributed by atoms with van der Waals surface area (Å²) < 4.78 is 25.0. The number of hydrogen-bond donors (Lipinski definition) is 3. The number of fused-ring (bicyclic) bond motifs is 1. The molecule has 9 nitrogen and oxygen atoms in total. The molecule has 0 radical (unpaired) electrons. The molecule has 3 rings (SSSR count). The Bertz CT molecular complexity index is 1200. The average molecular weight is 448 g/mol. The molecule has 0 unspecified atom stereocenters. The zero-order chi connectivity index (χ0) is 21.9. The van der Waals surface area contributed by atoms with Gasteiger partial charge in [-0.1, -0.05) is 11.8 Å². The number of aryl methyl sites for hydroxylation is 1. The largest absolute Gasteiger partial charge is 0.326 e. The second-order valence-electron chi connectivity index (χ2n) is 6.43. The summed E-state index contributed by atoms with van der Waals surface area (Å²) in [6, 6.07) is 11.3. The summed E-state index contributed by atoms with van der Waals surface area (Å²) in [6.45, 7) is 3.97. The predicted molar refractivity (Wildman–Crippen MR) is 117 cm³/mol. The quantitative estimate of drug-likeness (QED) is 0.476. The third kappa shape index (κ3) is 5.17. The topological polar surface area (TPSA) is 136 Å². The number of imidazole rings is 1. The molecule has 0 aliphatic carbocycles. The van der Waals surface area contributed by atoms with Gasteiger partial charge < -0.3 is 15.2 Å². The molecule has 1 aromatic heterocycles. The van der Waals surface area contributed by atoms with Crippen LogP contribution in [-0.2, 0) is 26.2 Å². The highest BCUT2D eigenvalue weighted by Crippen LogP contribution is 2.26. The summed E-state index contributed by atoms with van der Waals surface area (Å²) in [5.74, 6) is -0.260. The normalized spacial score (nSPS) is 11.4. The lowest BCUT2D eigenvalue weighted by atomic mass is 10.3. The number of carbonyl (C=O) groups is 2. The Hall–Kier alpha value is -2.89. The number of amides is 2. The van der Waals surface area contributed by atoms with Crippen LogP contribution in [0.5, 0.6) is 0 Å². The lowest BCUT2D eigenvalue weighted by Gasteiger charge is -2.08. The molecule has 30 heavy (non-hydrogen) atoms. The molecular weight excluding hydrogens is 426 g/mol. The molecule has 0 spiro atoms. The van der Waals surface area contributed by atoms with Gasteiger partial charge in [-0.2, -0.15) is 0 Å². The number of anilines is 2. The van der Waals surface area contributed by atoms with Gasteiger partial charge in [-0.05, 0) is 49.4 Å². The van der Waals surface area contributed by atoms with Crippen LogP contribution in [0.25, 0.3) is 11.0 Å². The summed E-state index contributed by atoms with van der Waals surface area (Å²) >= 11 is 1.25. The monoisotopic (exact) mass is 447 g/mol. The fourth-order valence-corrected chi connectivity index (χ4v) is 4.26. The Morgan fingerprint density at radius 3 is 2.30 bits per heavy atom. The lowest BCUT2D eigenvalue weighted by Crippen LogP contribution is -2.14. The summed E-state index contributed by atoms with van der Waals surface area (Å²) in [5, 5.41) is 11.2. The molecule has 0 fully saturated rings. The van der Waals surface area contributed by atoms with Gasteiger partial charge in [0, 0.05) is 24.8 Å². The molecule has 2 aromatic carbocycles. The van der Waals surface area contributed by atoms with Gasteiger partial charge in [0.25, 0.3) is 0 Å². The SMILES string of the molecule is CCn1c(SCC(=O)Nc2ccc(NC(C)=O)cc2)nc2cc(S(N)(=O)=O)ccc21. The van der Waals surface area contributed by atoms with E-state index in [2.05, 4.69) is 15.6 Å². The van der Waals surface area contributed by atoms with Gasteiger partial charge >= 0.3 is 0 Å². The van der Waals surface area contributed by atoms with Crippen LogP contribution in [0.3, 0.4) is 0 Å². The van der Waals surface area contributed by atoms with Crippen molar-refractivity contribution in [2.24, 2.45) is 5.14 Å². The minimum Gasteiger partial charge on any atom is -0.326 e. The highest BCUT2D eigenvalue weighted by molar-refractivity contribution is 7.99. The van der Waals surface area contributed by atoms with E-state index in [1.807, 2.05) is 11.5 Å². The first-order valence-corrected chi connectivity index (χ1v) is 11.5. The Balaban J connectivity index is 1.70. The van der Waals surface area contributed by atoms with Crippen LogP contribution in [-0.4, -0.2) is 35.5 Å². The molecule has 2 amide bonds. The first-order valence-electron chi connectivity index (χ1n) is 9.00. The van der Waals surface area contributed by atoms with E-state index < -0.39 is 10.0 Å². The second-order valence-corrected chi connectivity index (χ2v) is 8.93. The molecule has 0 saturated heterocycles. The third-order valence-corrected chi connectivity index (χ3v) is 6.04. The number of nitrogens with zero attached hydrogens (tertiary/aromatic N) is 2. The standard InChI is InChI=1S/C19H21N5O4S2/c1-3-24-17-9-8-15(30(20,27)28)10-16(17)23-19(24)29-11-18(26)22-14-6-4-13(5-7-14)21-12(2)25/h4-10H,3,11H2,1-2H3,(H,21,25)(H,22,26)(H2,20,27,28). The molecule has 3 aromatic rings. The number of nitrogens with two attached hydrogens (primary N) is 1. The summed E-state index contributed by atoms with van der Waals surface area (Å²) in [4.78, 5) is 27.8. The highest BCUT2D eigenvalue weighted by Gasteiger charge is 2.15. The Labute approximate surface area is 178 Å². The predicted octanol–water partition coefficient (Wildman–Crippen LogP) is 2.39. The van der Waals surface area contributed by atoms with E-state index in [0.717, 1.165) is 5.52 Å². The zero-order valence-electron chi connectivity index (χ0n) is 16.4. The average Bonchev–Trinajstić information content (AvgIpc) is 3.03. The molecule has 0 bridgehead atoms. The van der Waals surface area contributed by atoms with E-state index in [1.165, 1.54) is 30.8 Å². The summed E-state index contributed by atoms with van der Waals surface area (Å²) in [5.41, 5.74) is 2.52. The van der Waals surface area contributed by atoms with E-state index in [-0.39, 0.29) is 22.5 Å². The van der Waals surface area contributed by atoms with Gasteiger partial charge in [-0.25, -0.2) is 18.5 Å². The van der Waals surface area contributed by atoms with Crippen molar-refractivity contribution in [2.45, 2.75) is 30.4 Å². The van der Waals surface area contributed by atoms with Crippen molar-refractivity contribution in [1.82, 2.24) is 9.55 Å². The van der Waals surface area contributed by atoms with Crippen LogP contribution >= 0.6 is 11.8 Å². The maximum atomic E-state index is 12.3. The van der Waals surface area contributed by atoms with E-state index in [1.54, 1.807) is 30.3 Å². The number of benzene rings is 2. The third-order valence-electron chi connectivity index (χ3n) is 4.15. The van der Waals surface area contributed by atoms with Crippen molar-refractivity contribution >= 4 is 56.0 Å². The van der Waals surface area contributed by atoms with Gasteiger partial charge in [0.15, 0.2) is 5.16 Å². The summed E-state index contributed by atoms with van der Waals surface area (Å²) in [7, 11) is -3.82. The molecule has 0 aliphatic heterocycles. The number of rotatable bonds is 7. The van der Waals surface area contributed by atoms with E-state index >= 15 is 0 Å². The maximum absolute atomic E-state index is 12.3. The Morgan fingerprint density at radius 2 is 1.73 bits per heavy atom. The molecule has 4 N–H and O–H groups in total. The van der Waals surface area contributed by atoms with Crippen molar-refractivity contribution in [3.05, 3.63) is 42.5 Å². The van der Waals surface area contributed by atoms with Gasteiger partial charge in [0.05, 0.1) is 21.7 Å². The van der Waals surface area contributed by atoms with E-state index in [4.69, 9.17) is 5.14 Å². The van der Waals surface area contributed by atoms with Gasteiger partial charge in [0.1, 0.15) is 0 Å².